The van der Waals surface area contributed by atoms with Crippen molar-refractivity contribution in [3.05, 3.63) is 59.0 Å². The third kappa shape index (κ3) is 3.35. The molecule has 2 heterocycles. The van der Waals surface area contributed by atoms with Gasteiger partial charge in [-0.3, -0.25) is 9.59 Å². The van der Waals surface area contributed by atoms with Gasteiger partial charge >= 0.3 is 0 Å². The van der Waals surface area contributed by atoms with Gasteiger partial charge in [0, 0.05) is 12.1 Å². The Balaban J connectivity index is 1.68. The number of rotatable bonds is 4. The minimum atomic E-state index is -0.408. The first-order chi connectivity index (χ1) is 11.6. The molecule has 1 aliphatic rings. The molecule has 0 saturated carbocycles. The average Bonchev–Trinajstić information content (AvgIpc) is 3.26. The van der Waals surface area contributed by atoms with Crippen LogP contribution in [-0.4, -0.2) is 29.3 Å². The highest BCUT2D eigenvalue weighted by atomic mass is 16.3. The van der Waals surface area contributed by atoms with Gasteiger partial charge in [0.25, 0.3) is 5.91 Å². The summed E-state index contributed by atoms with van der Waals surface area (Å²) in [7, 11) is 0. The molecular formula is C19H22N2O3. The van der Waals surface area contributed by atoms with Gasteiger partial charge in [0.1, 0.15) is 11.8 Å². The number of nitrogens with one attached hydrogen (secondary N) is 1. The second-order valence-corrected chi connectivity index (χ2v) is 6.25. The molecule has 3 rings (SSSR count). The van der Waals surface area contributed by atoms with Crippen LogP contribution in [0.3, 0.4) is 0 Å². The molecule has 1 saturated heterocycles. The van der Waals surface area contributed by atoms with E-state index in [1.165, 1.54) is 0 Å². The SMILES string of the molecule is Cc1ccc(C(=O)N2CCC[C@H]2C(=O)NCc2ccco2)cc1C. The number of nitrogens with zero attached hydrogens (tertiary/aromatic N) is 1. The Morgan fingerprint density at radius 3 is 2.79 bits per heavy atom. The third-order valence-electron chi connectivity index (χ3n) is 4.59. The van der Waals surface area contributed by atoms with Crippen molar-refractivity contribution < 1.29 is 14.0 Å². The fourth-order valence-corrected chi connectivity index (χ4v) is 3.03. The first-order valence-electron chi connectivity index (χ1n) is 8.24. The zero-order valence-electron chi connectivity index (χ0n) is 14.0. The van der Waals surface area contributed by atoms with Crippen LogP contribution >= 0.6 is 0 Å². The summed E-state index contributed by atoms with van der Waals surface area (Å²) in [5, 5.41) is 2.86. The molecule has 1 N–H and O–H groups in total. The number of carbonyl (C=O) groups excluding carboxylic acids is 2. The molecule has 0 unspecified atom stereocenters. The van der Waals surface area contributed by atoms with Crippen molar-refractivity contribution in [1.82, 2.24) is 10.2 Å². The van der Waals surface area contributed by atoms with Crippen molar-refractivity contribution >= 4 is 11.8 Å². The van der Waals surface area contributed by atoms with E-state index in [-0.39, 0.29) is 11.8 Å². The molecule has 5 nitrogen and oxygen atoms in total. The van der Waals surface area contributed by atoms with E-state index in [9.17, 15) is 9.59 Å². The van der Waals surface area contributed by atoms with Crippen molar-refractivity contribution in [3.8, 4) is 0 Å². The number of hydrogen-bond acceptors (Lipinski definition) is 3. The van der Waals surface area contributed by atoms with Gasteiger partial charge in [-0.15, -0.1) is 0 Å². The highest BCUT2D eigenvalue weighted by Crippen LogP contribution is 2.21. The molecular weight excluding hydrogens is 304 g/mol. The molecule has 0 bridgehead atoms. The molecule has 24 heavy (non-hydrogen) atoms. The van der Waals surface area contributed by atoms with E-state index in [2.05, 4.69) is 5.32 Å². The highest BCUT2D eigenvalue weighted by Gasteiger charge is 2.34. The van der Waals surface area contributed by atoms with Crippen molar-refractivity contribution in [2.24, 2.45) is 0 Å². The fraction of sp³-hybridized carbons (Fsp3) is 0.368. The molecule has 5 heteroatoms. The summed E-state index contributed by atoms with van der Waals surface area (Å²) in [6.45, 7) is 4.96. The number of benzene rings is 1. The van der Waals surface area contributed by atoms with Crippen LogP contribution in [0, 0.1) is 13.8 Å². The standard InChI is InChI=1S/C19H22N2O3/c1-13-7-8-15(11-14(13)2)19(23)21-9-3-6-17(21)18(22)20-12-16-5-4-10-24-16/h4-5,7-8,10-11,17H,3,6,9,12H2,1-2H3,(H,20,22)/t17-/m0/s1. The summed E-state index contributed by atoms with van der Waals surface area (Å²) in [5.74, 6) is 0.503. The Morgan fingerprint density at radius 2 is 2.08 bits per heavy atom. The number of amides is 2. The minimum Gasteiger partial charge on any atom is -0.467 e. The molecule has 1 atom stereocenters. The Labute approximate surface area is 141 Å². The summed E-state index contributed by atoms with van der Waals surface area (Å²) in [4.78, 5) is 26.9. The van der Waals surface area contributed by atoms with Gasteiger partial charge in [-0.1, -0.05) is 6.07 Å². The zero-order valence-corrected chi connectivity index (χ0v) is 14.0. The molecule has 1 aromatic carbocycles. The number of hydrogen-bond donors (Lipinski definition) is 1. The predicted molar refractivity (Wildman–Crippen MR) is 90.5 cm³/mol. The second kappa shape index (κ2) is 6.91. The molecule has 0 radical (unpaired) electrons. The van der Waals surface area contributed by atoms with Gasteiger partial charge in [0.15, 0.2) is 0 Å². The monoisotopic (exact) mass is 326 g/mol. The Kier molecular flexibility index (Phi) is 4.69. The number of aryl methyl sites for hydroxylation is 2. The maximum atomic E-state index is 12.8. The lowest BCUT2D eigenvalue weighted by Crippen LogP contribution is -2.45. The van der Waals surface area contributed by atoms with Crippen LogP contribution in [0.2, 0.25) is 0 Å². The molecule has 2 amide bonds. The van der Waals surface area contributed by atoms with Crippen molar-refractivity contribution in [3.63, 3.8) is 0 Å². The largest absolute Gasteiger partial charge is 0.467 e. The van der Waals surface area contributed by atoms with Crippen LogP contribution in [0.15, 0.2) is 41.0 Å². The first kappa shape index (κ1) is 16.3. The summed E-state index contributed by atoms with van der Waals surface area (Å²) in [6.07, 6.45) is 3.11. The molecule has 126 valence electrons. The van der Waals surface area contributed by atoms with Crippen LogP contribution < -0.4 is 5.32 Å². The van der Waals surface area contributed by atoms with E-state index < -0.39 is 6.04 Å². The summed E-state index contributed by atoms with van der Waals surface area (Å²) in [6, 6.07) is 8.87. The van der Waals surface area contributed by atoms with Gasteiger partial charge in [0.2, 0.25) is 5.91 Å². The lowest BCUT2D eigenvalue weighted by Gasteiger charge is -2.24. The molecule has 1 aliphatic heterocycles. The summed E-state index contributed by atoms with van der Waals surface area (Å²) in [5.41, 5.74) is 2.88. The Hall–Kier alpha value is -2.56. The number of furan rings is 1. The number of carbonyl (C=O) groups is 2. The molecule has 0 aliphatic carbocycles. The van der Waals surface area contributed by atoms with Gasteiger partial charge < -0.3 is 14.6 Å². The minimum absolute atomic E-state index is 0.0752. The molecule has 1 aromatic heterocycles. The normalized spacial score (nSPS) is 17.1. The zero-order chi connectivity index (χ0) is 17.1. The van der Waals surface area contributed by atoms with Gasteiger partial charge in [-0.2, -0.15) is 0 Å². The summed E-state index contributed by atoms with van der Waals surface area (Å²) >= 11 is 0. The van der Waals surface area contributed by atoms with Crippen LogP contribution in [0.4, 0.5) is 0 Å². The lowest BCUT2D eigenvalue weighted by atomic mass is 10.1. The van der Waals surface area contributed by atoms with Crippen LogP contribution in [0.25, 0.3) is 0 Å². The first-order valence-corrected chi connectivity index (χ1v) is 8.24. The fourth-order valence-electron chi connectivity index (χ4n) is 3.03. The maximum Gasteiger partial charge on any atom is 0.254 e. The second-order valence-electron chi connectivity index (χ2n) is 6.25. The lowest BCUT2D eigenvalue weighted by molar-refractivity contribution is -0.125. The third-order valence-corrected chi connectivity index (χ3v) is 4.59. The Morgan fingerprint density at radius 1 is 1.25 bits per heavy atom. The van der Waals surface area contributed by atoms with E-state index in [0.29, 0.717) is 30.8 Å². The van der Waals surface area contributed by atoms with Crippen molar-refractivity contribution in [2.45, 2.75) is 39.3 Å². The van der Waals surface area contributed by atoms with Crippen LogP contribution in [-0.2, 0) is 11.3 Å². The van der Waals surface area contributed by atoms with E-state index >= 15 is 0 Å². The van der Waals surface area contributed by atoms with E-state index in [1.54, 1.807) is 17.2 Å². The predicted octanol–water partition coefficient (Wildman–Crippen LogP) is 2.82. The average molecular weight is 326 g/mol. The van der Waals surface area contributed by atoms with Gasteiger partial charge in [-0.25, -0.2) is 0 Å². The quantitative estimate of drug-likeness (QED) is 0.940. The maximum absolute atomic E-state index is 12.8. The van der Waals surface area contributed by atoms with Crippen LogP contribution in [0.1, 0.15) is 40.1 Å². The number of likely N-dealkylation sites (tertiary alicyclic amines) is 1. The highest BCUT2D eigenvalue weighted by molar-refractivity contribution is 5.98. The molecule has 2 aromatic rings. The van der Waals surface area contributed by atoms with Crippen molar-refractivity contribution in [1.29, 1.82) is 0 Å². The van der Waals surface area contributed by atoms with E-state index in [1.807, 2.05) is 38.1 Å². The molecule has 0 spiro atoms. The smallest absolute Gasteiger partial charge is 0.254 e. The van der Waals surface area contributed by atoms with Crippen LogP contribution in [0.5, 0.6) is 0 Å². The Bertz CT molecular complexity index is 737. The molecule has 1 fully saturated rings. The van der Waals surface area contributed by atoms with Gasteiger partial charge in [0.05, 0.1) is 12.8 Å². The summed E-state index contributed by atoms with van der Waals surface area (Å²) < 4.78 is 5.22. The van der Waals surface area contributed by atoms with Crippen molar-refractivity contribution in [2.75, 3.05) is 6.54 Å². The topological polar surface area (TPSA) is 62.6 Å². The van der Waals surface area contributed by atoms with Gasteiger partial charge in [-0.05, 0) is 62.1 Å². The van der Waals surface area contributed by atoms with E-state index in [4.69, 9.17) is 4.42 Å². The van der Waals surface area contributed by atoms with E-state index in [0.717, 1.165) is 17.5 Å².